The van der Waals surface area contributed by atoms with Gasteiger partial charge in [-0.2, -0.15) is 10.5 Å². The van der Waals surface area contributed by atoms with E-state index in [9.17, 15) is 15.3 Å². The minimum atomic E-state index is -0.889. The van der Waals surface area contributed by atoms with Crippen molar-refractivity contribution < 1.29 is 4.79 Å². The maximum atomic E-state index is 12.5. The van der Waals surface area contributed by atoms with Crippen molar-refractivity contribution in [2.75, 3.05) is 17.2 Å². The van der Waals surface area contributed by atoms with Crippen LogP contribution in [0, 0.1) is 28.1 Å². The molecule has 0 saturated heterocycles. The first-order chi connectivity index (χ1) is 21.1. The molecule has 6 rings (SSSR count). The van der Waals surface area contributed by atoms with Gasteiger partial charge in [-0.05, 0) is 54.5 Å². The van der Waals surface area contributed by atoms with E-state index in [1.165, 1.54) is 6.20 Å². The molecule has 1 saturated carbocycles. The zero-order valence-electron chi connectivity index (χ0n) is 24.8. The van der Waals surface area contributed by atoms with E-state index >= 15 is 0 Å². The number of benzene rings is 2. The molecular weight excluding hydrogens is 552 g/mol. The number of pyridine rings is 2. The van der Waals surface area contributed by atoms with Gasteiger partial charge in [-0.3, -0.25) is 14.8 Å². The molecule has 220 valence electrons. The normalized spacial score (nSPS) is 14.8. The standard InChI is InChI=1S/C33H32N10O/c1-32(2,3)19-39-29-21(16-35)17-38-28-20(15-34)13-22(14-25(28)29)40-30(24-7-4-9-26-23(24)8-5-12-37-26)27-18-43(42-41-27)33(31(36)44)10-6-11-33/h4-5,7-9,12-14,17-18,30,40H,6,10-11,19H2,1-3H3,(H2,36,44)(H,38,39). The average Bonchev–Trinajstić information content (AvgIpc) is 3.46. The fourth-order valence-electron chi connectivity index (χ4n) is 5.68. The van der Waals surface area contributed by atoms with E-state index in [-0.39, 0.29) is 5.41 Å². The molecule has 2 aromatic carbocycles. The van der Waals surface area contributed by atoms with Crippen LogP contribution in [-0.4, -0.2) is 37.4 Å². The minimum Gasteiger partial charge on any atom is -0.383 e. The molecule has 1 unspecified atom stereocenters. The second-order valence-electron chi connectivity index (χ2n) is 12.4. The fraction of sp³-hybridized carbons (Fsp3) is 0.303. The molecule has 1 amide bonds. The van der Waals surface area contributed by atoms with Crippen molar-refractivity contribution in [2.24, 2.45) is 11.1 Å². The van der Waals surface area contributed by atoms with Crippen LogP contribution in [0.15, 0.2) is 61.1 Å². The lowest BCUT2D eigenvalue weighted by molar-refractivity contribution is -0.131. The number of nitrogens with zero attached hydrogens (tertiary/aromatic N) is 7. The van der Waals surface area contributed by atoms with Crippen molar-refractivity contribution >= 4 is 39.1 Å². The van der Waals surface area contributed by atoms with Crippen LogP contribution < -0.4 is 16.4 Å². The van der Waals surface area contributed by atoms with Gasteiger partial charge in [-0.1, -0.05) is 44.2 Å². The predicted molar refractivity (Wildman–Crippen MR) is 167 cm³/mol. The number of hydrogen-bond acceptors (Lipinski definition) is 9. The van der Waals surface area contributed by atoms with E-state index in [4.69, 9.17) is 5.73 Å². The Morgan fingerprint density at radius 2 is 1.89 bits per heavy atom. The Morgan fingerprint density at radius 3 is 2.57 bits per heavy atom. The van der Waals surface area contributed by atoms with Crippen molar-refractivity contribution in [3.8, 4) is 12.1 Å². The summed E-state index contributed by atoms with van der Waals surface area (Å²) in [4.78, 5) is 21.5. The predicted octanol–water partition coefficient (Wildman–Crippen LogP) is 5.14. The number of rotatable bonds is 8. The third-order valence-electron chi connectivity index (χ3n) is 8.19. The maximum absolute atomic E-state index is 12.5. The van der Waals surface area contributed by atoms with Gasteiger partial charge in [0.2, 0.25) is 5.91 Å². The Morgan fingerprint density at radius 1 is 1.09 bits per heavy atom. The van der Waals surface area contributed by atoms with Crippen molar-refractivity contribution in [1.29, 1.82) is 10.5 Å². The van der Waals surface area contributed by atoms with Crippen LogP contribution in [0.5, 0.6) is 0 Å². The molecule has 3 aromatic heterocycles. The van der Waals surface area contributed by atoms with Crippen molar-refractivity contribution in [1.82, 2.24) is 25.0 Å². The van der Waals surface area contributed by atoms with Gasteiger partial charge in [0.05, 0.1) is 40.1 Å². The molecule has 4 N–H and O–H groups in total. The molecule has 1 atom stereocenters. The van der Waals surface area contributed by atoms with Gasteiger partial charge < -0.3 is 16.4 Å². The molecule has 44 heavy (non-hydrogen) atoms. The second-order valence-corrected chi connectivity index (χ2v) is 12.4. The van der Waals surface area contributed by atoms with Crippen molar-refractivity contribution in [2.45, 2.75) is 51.6 Å². The zero-order chi connectivity index (χ0) is 31.1. The average molecular weight is 585 g/mol. The molecule has 0 radical (unpaired) electrons. The van der Waals surface area contributed by atoms with Gasteiger partial charge in [0.25, 0.3) is 0 Å². The third-order valence-corrected chi connectivity index (χ3v) is 8.19. The zero-order valence-corrected chi connectivity index (χ0v) is 24.8. The number of primary amides is 1. The molecular formula is C33H32N10O. The molecule has 1 fully saturated rings. The van der Waals surface area contributed by atoms with Crippen LogP contribution in [0.2, 0.25) is 0 Å². The van der Waals surface area contributed by atoms with Crippen LogP contribution in [0.1, 0.15) is 68.5 Å². The molecule has 1 aliphatic rings. The van der Waals surface area contributed by atoms with E-state index < -0.39 is 17.5 Å². The van der Waals surface area contributed by atoms with Crippen LogP contribution >= 0.6 is 0 Å². The highest BCUT2D eigenvalue weighted by Crippen LogP contribution is 2.40. The van der Waals surface area contributed by atoms with Crippen LogP contribution in [0.25, 0.3) is 21.8 Å². The fourth-order valence-corrected chi connectivity index (χ4v) is 5.68. The number of nitrogens with one attached hydrogen (secondary N) is 2. The lowest BCUT2D eigenvalue weighted by atomic mass is 9.76. The lowest BCUT2D eigenvalue weighted by Crippen LogP contribution is -2.51. The third kappa shape index (κ3) is 5.03. The van der Waals surface area contributed by atoms with E-state index in [0.29, 0.717) is 58.5 Å². The number of aromatic nitrogens is 5. The Bertz CT molecular complexity index is 1980. The largest absolute Gasteiger partial charge is 0.383 e. The molecule has 11 nitrogen and oxygen atoms in total. The number of nitrogens with two attached hydrogens (primary N) is 1. The van der Waals surface area contributed by atoms with Gasteiger partial charge in [-0.25, -0.2) is 4.68 Å². The number of anilines is 2. The van der Waals surface area contributed by atoms with Crippen LogP contribution in [0.3, 0.4) is 0 Å². The molecule has 0 bridgehead atoms. The first-order valence-corrected chi connectivity index (χ1v) is 14.5. The molecule has 5 aromatic rings. The number of carbonyl (C=O) groups excluding carboxylic acids is 1. The summed E-state index contributed by atoms with van der Waals surface area (Å²) >= 11 is 0. The molecule has 0 spiro atoms. The van der Waals surface area contributed by atoms with Crippen molar-refractivity contribution in [3.05, 3.63) is 83.4 Å². The topological polar surface area (TPSA) is 171 Å². The highest BCUT2D eigenvalue weighted by atomic mass is 16.1. The molecule has 11 heteroatoms. The number of hydrogen-bond donors (Lipinski definition) is 3. The van der Waals surface area contributed by atoms with E-state index in [1.807, 2.05) is 36.4 Å². The first-order valence-electron chi connectivity index (χ1n) is 14.5. The summed E-state index contributed by atoms with van der Waals surface area (Å²) in [5.74, 6) is -0.427. The van der Waals surface area contributed by atoms with Gasteiger partial charge >= 0.3 is 0 Å². The molecule has 3 heterocycles. The van der Waals surface area contributed by atoms with Gasteiger partial charge in [0.15, 0.2) is 0 Å². The Kier molecular flexibility index (Phi) is 7.10. The lowest BCUT2D eigenvalue weighted by Gasteiger charge is -2.38. The second kappa shape index (κ2) is 10.9. The van der Waals surface area contributed by atoms with Gasteiger partial charge in [0, 0.05) is 35.4 Å². The highest BCUT2D eigenvalue weighted by Gasteiger charge is 2.46. The first kappa shape index (κ1) is 28.6. The number of carbonyl (C=O) groups is 1. The summed E-state index contributed by atoms with van der Waals surface area (Å²) in [5.41, 5.74) is 9.63. The summed E-state index contributed by atoms with van der Waals surface area (Å²) in [6.07, 6.45) is 7.11. The summed E-state index contributed by atoms with van der Waals surface area (Å²) in [6.45, 7) is 6.92. The van der Waals surface area contributed by atoms with E-state index in [1.54, 1.807) is 23.1 Å². The quantitative estimate of drug-likeness (QED) is 0.223. The summed E-state index contributed by atoms with van der Waals surface area (Å²) < 4.78 is 1.59. The van der Waals surface area contributed by atoms with E-state index in [2.05, 4.69) is 63.8 Å². The van der Waals surface area contributed by atoms with Crippen molar-refractivity contribution in [3.63, 3.8) is 0 Å². The number of fused-ring (bicyclic) bond motifs is 2. The Balaban J connectivity index is 1.51. The Labute approximate surface area is 254 Å². The maximum Gasteiger partial charge on any atom is 0.245 e. The van der Waals surface area contributed by atoms with E-state index in [0.717, 1.165) is 22.9 Å². The van der Waals surface area contributed by atoms with Gasteiger partial charge in [-0.15, -0.1) is 5.10 Å². The van der Waals surface area contributed by atoms with Crippen LogP contribution in [0.4, 0.5) is 11.4 Å². The number of amides is 1. The summed E-state index contributed by atoms with van der Waals surface area (Å²) in [5, 5.41) is 37.5. The molecule has 0 aliphatic heterocycles. The number of nitriles is 2. The van der Waals surface area contributed by atoms with Gasteiger partial charge in [0.1, 0.15) is 23.4 Å². The summed E-state index contributed by atoms with van der Waals surface area (Å²) in [6, 6.07) is 17.3. The molecule has 1 aliphatic carbocycles. The smallest absolute Gasteiger partial charge is 0.245 e. The highest BCUT2D eigenvalue weighted by molar-refractivity contribution is 5.99. The SMILES string of the molecule is CC(C)(C)CNc1c(C#N)cnc2c(C#N)cc(NC(c3cn(C4(C(N)=O)CCC4)nn3)c3cccc4ncccc34)cc12. The minimum absolute atomic E-state index is 0.0573. The summed E-state index contributed by atoms with van der Waals surface area (Å²) in [7, 11) is 0. The van der Waals surface area contributed by atoms with Crippen LogP contribution in [-0.2, 0) is 10.3 Å². The Hall–Kier alpha value is -5.55. The monoisotopic (exact) mass is 584 g/mol.